The van der Waals surface area contributed by atoms with Gasteiger partial charge < -0.3 is 9.29 Å². The van der Waals surface area contributed by atoms with E-state index in [4.69, 9.17) is 0 Å². The Morgan fingerprint density at radius 3 is 2.54 bits per heavy atom. The van der Waals surface area contributed by atoms with Gasteiger partial charge in [-0.25, -0.2) is 0 Å². The van der Waals surface area contributed by atoms with Crippen LogP contribution in [-0.4, -0.2) is 13.5 Å². The Labute approximate surface area is 83.5 Å². The number of para-hydroxylation sites is 1. The fourth-order valence-electron chi connectivity index (χ4n) is 0.696. The molecule has 0 fully saturated rings. The van der Waals surface area contributed by atoms with E-state index in [0.717, 1.165) is 0 Å². The van der Waals surface area contributed by atoms with E-state index >= 15 is 0 Å². The van der Waals surface area contributed by atoms with Crippen LogP contribution in [0.4, 0.5) is 0 Å². The molecule has 1 aromatic rings. The number of rotatable bonds is 2. The van der Waals surface area contributed by atoms with E-state index in [0.29, 0.717) is 4.47 Å². The van der Waals surface area contributed by atoms with Crippen LogP contribution in [0.25, 0.3) is 0 Å². The highest BCUT2D eigenvalue weighted by atomic mass is 79.9. The molecule has 1 aromatic carbocycles. The maximum Gasteiger partial charge on any atom is 0.380 e. The Balaban J connectivity index is 3.15. The van der Waals surface area contributed by atoms with Crippen molar-refractivity contribution in [1.82, 2.24) is 0 Å². The van der Waals surface area contributed by atoms with Gasteiger partial charge in [0.2, 0.25) is 0 Å². The molecule has 0 atom stereocenters. The highest BCUT2D eigenvalue weighted by molar-refractivity contribution is 9.10. The molecule has 0 saturated carbocycles. The molecule has 0 aliphatic rings. The zero-order valence-corrected chi connectivity index (χ0v) is 8.67. The maximum absolute atomic E-state index is 10.5. The fraction of sp³-hybridized carbons (Fsp3) is 0. The molecule has 0 unspecified atom stereocenters. The van der Waals surface area contributed by atoms with E-state index in [9.17, 15) is 13.5 Å². The first-order valence-electron chi connectivity index (χ1n) is 3.10. The molecule has 5 nitrogen and oxygen atoms in total. The van der Waals surface area contributed by atoms with Crippen LogP contribution in [0.5, 0.6) is 11.5 Å². The van der Waals surface area contributed by atoms with Gasteiger partial charge in [0.25, 0.3) is 0 Å². The molecule has 0 aliphatic heterocycles. The third kappa shape index (κ3) is 2.87. The summed E-state index contributed by atoms with van der Waals surface area (Å²) >= 11 is 2.99. The van der Waals surface area contributed by atoms with Gasteiger partial charge in [0, 0.05) is 0 Å². The van der Waals surface area contributed by atoms with Gasteiger partial charge in [0.1, 0.15) is 0 Å². The quantitative estimate of drug-likeness (QED) is 0.827. The van der Waals surface area contributed by atoms with Crippen molar-refractivity contribution < 1.29 is 17.7 Å². The summed E-state index contributed by atoms with van der Waals surface area (Å²) in [5, 5.41) is 13.8. The second-order valence-electron chi connectivity index (χ2n) is 2.16. The van der Waals surface area contributed by atoms with Crippen molar-refractivity contribution in [2.24, 2.45) is 5.14 Å². The number of aromatic hydroxyl groups is 1. The SMILES string of the molecule is NS(=O)(=O)Oc1c(O)cccc1Br. The molecular weight excluding hydrogens is 262 g/mol. The van der Waals surface area contributed by atoms with Gasteiger partial charge >= 0.3 is 10.3 Å². The van der Waals surface area contributed by atoms with E-state index in [-0.39, 0.29) is 11.5 Å². The van der Waals surface area contributed by atoms with Crippen LogP contribution in [0.3, 0.4) is 0 Å². The van der Waals surface area contributed by atoms with Crippen LogP contribution in [0, 0.1) is 0 Å². The molecule has 0 aliphatic carbocycles. The minimum atomic E-state index is -4.11. The molecule has 0 radical (unpaired) electrons. The fourth-order valence-corrected chi connectivity index (χ4v) is 1.65. The van der Waals surface area contributed by atoms with Crippen molar-refractivity contribution in [3.05, 3.63) is 22.7 Å². The summed E-state index contributed by atoms with van der Waals surface area (Å²) in [6.45, 7) is 0. The van der Waals surface area contributed by atoms with Crippen LogP contribution in [-0.2, 0) is 10.3 Å². The van der Waals surface area contributed by atoms with Crippen molar-refractivity contribution >= 4 is 26.2 Å². The number of phenolic OH excluding ortho intramolecular Hbond substituents is 1. The molecule has 1 rings (SSSR count). The Morgan fingerprint density at radius 1 is 1.46 bits per heavy atom. The Hall–Kier alpha value is -0.790. The summed E-state index contributed by atoms with van der Waals surface area (Å²) in [7, 11) is -4.11. The highest BCUT2D eigenvalue weighted by Gasteiger charge is 2.12. The second-order valence-corrected chi connectivity index (χ2v) is 4.17. The summed E-state index contributed by atoms with van der Waals surface area (Å²) in [5.41, 5.74) is 0. The smallest absolute Gasteiger partial charge is 0.380 e. The summed E-state index contributed by atoms with van der Waals surface area (Å²) < 4.78 is 25.7. The topological polar surface area (TPSA) is 89.6 Å². The normalized spacial score (nSPS) is 11.2. The molecule has 0 heterocycles. The first-order valence-corrected chi connectivity index (χ1v) is 5.36. The number of benzene rings is 1. The standard InChI is InChI=1S/C6H6BrNO4S/c7-4-2-1-3-5(9)6(4)12-13(8,10)11/h1-3,9H,(H2,8,10,11). The van der Waals surface area contributed by atoms with Crippen molar-refractivity contribution in [1.29, 1.82) is 0 Å². The lowest BCUT2D eigenvalue weighted by molar-refractivity contribution is 0.427. The van der Waals surface area contributed by atoms with Gasteiger partial charge in [-0.2, -0.15) is 13.6 Å². The number of phenols is 1. The van der Waals surface area contributed by atoms with E-state index in [1.54, 1.807) is 0 Å². The van der Waals surface area contributed by atoms with E-state index in [2.05, 4.69) is 25.3 Å². The number of nitrogens with two attached hydrogens (primary N) is 1. The van der Waals surface area contributed by atoms with Crippen molar-refractivity contribution in [3.63, 3.8) is 0 Å². The molecule has 13 heavy (non-hydrogen) atoms. The summed E-state index contributed by atoms with van der Waals surface area (Å²) in [5.74, 6) is -0.520. The second kappa shape index (κ2) is 3.52. The molecule has 3 N–H and O–H groups in total. The average molecular weight is 268 g/mol. The number of halogens is 1. The lowest BCUT2D eigenvalue weighted by Gasteiger charge is -2.05. The Kier molecular flexibility index (Phi) is 2.79. The van der Waals surface area contributed by atoms with E-state index in [1.165, 1.54) is 18.2 Å². The van der Waals surface area contributed by atoms with Gasteiger partial charge in [0.05, 0.1) is 4.47 Å². The summed E-state index contributed by atoms with van der Waals surface area (Å²) in [6, 6.07) is 4.32. The van der Waals surface area contributed by atoms with Gasteiger partial charge in [-0.15, -0.1) is 0 Å². The minimum Gasteiger partial charge on any atom is -0.504 e. The maximum atomic E-state index is 10.5. The third-order valence-corrected chi connectivity index (χ3v) is 2.17. The van der Waals surface area contributed by atoms with Crippen LogP contribution < -0.4 is 9.32 Å². The molecule has 72 valence electrons. The van der Waals surface area contributed by atoms with Crippen molar-refractivity contribution in [2.45, 2.75) is 0 Å². The largest absolute Gasteiger partial charge is 0.504 e. The Bertz CT molecular complexity index is 396. The van der Waals surface area contributed by atoms with Gasteiger partial charge in [-0.05, 0) is 28.1 Å². The lowest BCUT2D eigenvalue weighted by atomic mass is 10.3. The molecule has 0 amide bonds. The molecule has 0 saturated heterocycles. The summed E-state index contributed by atoms with van der Waals surface area (Å²) in [6.07, 6.45) is 0. The first-order chi connectivity index (χ1) is 5.90. The zero-order valence-electron chi connectivity index (χ0n) is 6.27. The molecule has 0 spiro atoms. The number of hydrogen-bond donors (Lipinski definition) is 2. The van der Waals surface area contributed by atoms with Crippen molar-refractivity contribution in [2.75, 3.05) is 0 Å². The summed E-state index contributed by atoms with van der Waals surface area (Å²) in [4.78, 5) is 0. The molecular formula is C6H6BrNO4S. The monoisotopic (exact) mass is 267 g/mol. The van der Waals surface area contributed by atoms with Crippen LogP contribution in [0.15, 0.2) is 22.7 Å². The third-order valence-electron chi connectivity index (χ3n) is 1.15. The lowest BCUT2D eigenvalue weighted by Crippen LogP contribution is -2.19. The zero-order chi connectivity index (χ0) is 10.1. The van der Waals surface area contributed by atoms with Gasteiger partial charge in [-0.1, -0.05) is 6.07 Å². The molecule has 7 heteroatoms. The van der Waals surface area contributed by atoms with E-state index in [1.807, 2.05) is 0 Å². The Morgan fingerprint density at radius 2 is 2.08 bits per heavy atom. The van der Waals surface area contributed by atoms with Gasteiger partial charge in [-0.3, -0.25) is 0 Å². The molecule has 0 bridgehead atoms. The molecule has 0 aromatic heterocycles. The predicted octanol–water partition coefficient (Wildman–Crippen LogP) is 0.737. The van der Waals surface area contributed by atoms with Crippen LogP contribution in [0.1, 0.15) is 0 Å². The first kappa shape index (κ1) is 10.3. The van der Waals surface area contributed by atoms with Crippen LogP contribution >= 0.6 is 15.9 Å². The van der Waals surface area contributed by atoms with Crippen molar-refractivity contribution in [3.8, 4) is 11.5 Å². The van der Waals surface area contributed by atoms with Crippen LogP contribution in [0.2, 0.25) is 0 Å². The highest BCUT2D eigenvalue weighted by Crippen LogP contribution is 2.34. The van der Waals surface area contributed by atoms with E-state index < -0.39 is 10.3 Å². The predicted molar refractivity (Wildman–Crippen MR) is 49.5 cm³/mol. The average Bonchev–Trinajstić information content (AvgIpc) is 1.95. The van der Waals surface area contributed by atoms with Gasteiger partial charge in [0.15, 0.2) is 11.5 Å². The number of hydrogen-bond acceptors (Lipinski definition) is 4. The minimum absolute atomic E-state index is 0.218.